The number of piperazine rings is 1. The fraction of sp³-hybridized carbons (Fsp3) is 0.353. The molecule has 1 aromatic carbocycles. The maximum absolute atomic E-state index is 12.9. The number of sulfonamides is 1. The fourth-order valence-electron chi connectivity index (χ4n) is 2.80. The average molecular weight is 384 g/mol. The van der Waals surface area contributed by atoms with Crippen LogP contribution in [0.25, 0.3) is 0 Å². The second-order valence-corrected chi connectivity index (χ2v) is 8.26. The van der Waals surface area contributed by atoms with Gasteiger partial charge < -0.3 is 4.90 Å². The summed E-state index contributed by atoms with van der Waals surface area (Å²) in [5, 5.41) is 0.268. The fourth-order valence-corrected chi connectivity index (χ4v) is 4.28. The van der Waals surface area contributed by atoms with E-state index in [2.05, 4.69) is 9.88 Å². The van der Waals surface area contributed by atoms with Crippen molar-refractivity contribution < 1.29 is 12.8 Å². The van der Waals surface area contributed by atoms with Crippen LogP contribution in [0.4, 0.5) is 4.39 Å². The zero-order chi connectivity index (χ0) is 17.9. The molecule has 0 aliphatic carbocycles. The maximum Gasteiger partial charge on any atom is 0.244 e. The van der Waals surface area contributed by atoms with Crippen LogP contribution in [0, 0.1) is 5.82 Å². The van der Waals surface area contributed by atoms with Crippen LogP contribution in [-0.2, 0) is 16.4 Å². The van der Waals surface area contributed by atoms with Crippen molar-refractivity contribution in [2.45, 2.75) is 11.3 Å². The predicted molar refractivity (Wildman–Crippen MR) is 94.5 cm³/mol. The first kappa shape index (κ1) is 18.3. The topological polar surface area (TPSA) is 53.5 Å². The molecular weight excluding hydrogens is 365 g/mol. The molecule has 134 valence electrons. The molecule has 1 fully saturated rings. The zero-order valence-electron chi connectivity index (χ0n) is 13.6. The first-order valence-corrected chi connectivity index (χ1v) is 9.85. The van der Waals surface area contributed by atoms with E-state index in [4.69, 9.17) is 11.6 Å². The van der Waals surface area contributed by atoms with Gasteiger partial charge in [0.25, 0.3) is 0 Å². The Balaban J connectivity index is 1.54. The SMILES string of the molecule is O=S(=O)(c1ccc(Cl)nc1)N1CCN(CCc2ccc(F)cc2)CC1. The highest BCUT2D eigenvalue weighted by Crippen LogP contribution is 2.18. The quantitative estimate of drug-likeness (QED) is 0.744. The molecule has 1 aromatic heterocycles. The Hall–Kier alpha value is -1.54. The van der Waals surface area contributed by atoms with Crippen molar-refractivity contribution in [3.05, 3.63) is 59.1 Å². The van der Waals surface area contributed by atoms with E-state index in [0.717, 1.165) is 18.5 Å². The van der Waals surface area contributed by atoms with Crippen LogP contribution in [-0.4, -0.2) is 55.3 Å². The molecule has 2 aromatic rings. The lowest BCUT2D eigenvalue weighted by atomic mass is 10.1. The minimum Gasteiger partial charge on any atom is -0.300 e. The summed E-state index contributed by atoms with van der Waals surface area (Å²) in [7, 11) is -3.53. The van der Waals surface area contributed by atoms with E-state index in [-0.39, 0.29) is 15.9 Å². The van der Waals surface area contributed by atoms with Crippen LogP contribution in [0.1, 0.15) is 5.56 Å². The molecule has 0 spiro atoms. The Morgan fingerprint density at radius 2 is 1.72 bits per heavy atom. The van der Waals surface area contributed by atoms with Gasteiger partial charge in [-0.05, 0) is 36.2 Å². The van der Waals surface area contributed by atoms with Gasteiger partial charge in [-0.3, -0.25) is 0 Å². The van der Waals surface area contributed by atoms with Gasteiger partial charge in [-0.15, -0.1) is 0 Å². The Kier molecular flexibility index (Phi) is 5.68. The number of benzene rings is 1. The molecule has 0 radical (unpaired) electrons. The summed E-state index contributed by atoms with van der Waals surface area (Å²) >= 11 is 5.71. The van der Waals surface area contributed by atoms with Gasteiger partial charge in [-0.1, -0.05) is 23.7 Å². The predicted octanol–water partition coefficient (Wildman–Crippen LogP) is 2.42. The number of aromatic nitrogens is 1. The van der Waals surface area contributed by atoms with Gasteiger partial charge in [-0.25, -0.2) is 17.8 Å². The molecule has 0 N–H and O–H groups in total. The van der Waals surface area contributed by atoms with E-state index in [1.165, 1.54) is 34.8 Å². The maximum atomic E-state index is 12.9. The molecule has 1 aliphatic rings. The monoisotopic (exact) mass is 383 g/mol. The standard InChI is InChI=1S/C17H19ClFN3O2S/c18-17-6-5-16(13-20-17)25(23,24)22-11-9-21(10-12-22)8-7-14-1-3-15(19)4-2-14/h1-6,13H,7-12H2. The Morgan fingerprint density at radius 3 is 2.32 bits per heavy atom. The minimum absolute atomic E-state index is 0.164. The van der Waals surface area contributed by atoms with E-state index in [1.807, 2.05) is 0 Å². The highest BCUT2D eigenvalue weighted by molar-refractivity contribution is 7.89. The summed E-state index contributed by atoms with van der Waals surface area (Å²) in [6, 6.07) is 9.44. The lowest BCUT2D eigenvalue weighted by Crippen LogP contribution is -2.49. The summed E-state index contributed by atoms with van der Waals surface area (Å²) in [6.45, 7) is 3.04. The second-order valence-electron chi connectivity index (χ2n) is 5.94. The van der Waals surface area contributed by atoms with Gasteiger partial charge in [0, 0.05) is 38.9 Å². The number of nitrogens with zero attached hydrogens (tertiary/aromatic N) is 3. The summed E-state index contributed by atoms with van der Waals surface area (Å²) in [5.74, 6) is -0.237. The van der Waals surface area contributed by atoms with Gasteiger partial charge in [0.1, 0.15) is 15.9 Å². The summed E-state index contributed by atoms with van der Waals surface area (Å²) in [6.07, 6.45) is 2.10. The van der Waals surface area contributed by atoms with E-state index in [9.17, 15) is 12.8 Å². The molecule has 0 atom stereocenters. The van der Waals surface area contributed by atoms with E-state index < -0.39 is 10.0 Å². The van der Waals surface area contributed by atoms with Crippen LogP contribution in [0.3, 0.4) is 0 Å². The third-order valence-electron chi connectivity index (χ3n) is 4.30. The summed E-state index contributed by atoms with van der Waals surface area (Å²) in [4.78, 5) is 6.23. The molecule has 25 heavy (non-hydrogen) atoms. The van der Waals surface area contributed by atoms with Crippen LogP contribution in [0.2, 0.25) is 5.15 Å². The van der Waals surface area contributed by atoms with Crippen LogP contribution in [0.15, 0.2) is 47.5 Å². The first-order chi connectivity index (χ1) is 11.9. The molecule has 0 unspecified atom stereocenters. The van der Waals surface area contributed by atoms with Gasteiger partial charge in [0.15, 0.2) is 0 Å². The molecule has 1 saturated heterocycles. The van der Waals surface area contributed by atoms with E-state index in [1.54, 1.807) is 12.1 Å². The summed E-state index contributed by atoms with van der Waals surface area (Å²) < 4.78 is 39.6. The summed E-state index contributed by atoms with van der Waals surface area (Å²) in [5.41, 5.74) is 1.07. The lowest BCUT2D eigenvalue weighted by molar-refractivity contribution is 0.190. The Bertz CT molecular complexity index is 805. The van der Waals surface area contributed by atoms with Crippen molar-refractivity contribution in [2.24, 2.45) is 0 Å². The molecule has 8 heteroatoms. The molecule has 0 bridgehead atoms. The van der Waals surface area contributed by atoms with Crippen LogP contribution < -0.4 is 0 Å². The molecule has 0 amide bonds. The second kappa shape index (κ2) is 7.78. The van der Waals surface area contributed by atoms with Crippen molar-refractivity contribution in [3.8, 4) is 0 Å². The Labute approximate surface area is 152 Å². The van der Waals surface area contributed by atoms with Crippen molar-refractivity contribution in [2.75, 3.05) is 32.7 Å². The lowest BCUT2D eigenvalue weighted by Gasteiger charge is -2.33. The van der Waals surface area contributed by atoms with Crippen molar-refractivity contribution in [3.63, 3.8) is 0 Å². The third kappa shape index (κ3) is 4.55. The molecule has 1 aliphatic heterocycles. The molecule has 0 saturated carbocycles. The third-order valence-corrected chi connectivity index (χ3v) is 6.41. The molecular formula is C17H19ClFN3O2S. The van der Waals surface area contributed by atoms with E-state index >= 15 is 0 Å². The van der Waals surface area contributed by atoms with Crippen molar-refractivity contribution >= 4 is 21.6 Å². The van der Waals surface area contributed by atoms with Crippen molar-refractivity contribution in [1.82, 2.24) is 14.2 Å². The highest BCUT2D eigenvalue weighted by Gasteiger charge is 2.28. The minimum atomic E-state index is -3.53. The normalized spacial score (nSPS) is 16.9. The number of rotatable bonds is 5. The molecule has 2 heterocycles. The largest absolute Gasteiger partial charge is 0.300 e. The number of pyridine rings is 1. The molecule has 5 nitrogen and oxygen atoms in total. The number of hydrogen-bond donors (Lipinski definition) is 0. The number of halogens is 2. The van der Waals surface area contributed by atoms with Crippen LogP contribution >= 0.6 is 11.6 Å². The van der Waals surface area contributed by atoms with Gasteiger partial charge in [0.2, 0.25) is 10.0 Å². The van der Waals surface area contributed by atoms with Gasteiger partial charge in [0.05, 0.1) is 0 Å². The van der Waals surface area contributed by atoms with Gasteiger partial charge in [-0.2, -0.15) is 4.31 Å². The molecule has 3 rings (SSSR count). The average Bonchev–Trinajstić information content (AvgIpc) is 2.62. The smallest absolute Gasteiger partial charge is 0.244 e. The van der Waals surface area contributed by atoms with Crippen molar-refractivity contribution in [1.29, 1.82) is 0 Å². The van der Waals surface area contributed by atoms with Crippen LogP contribution in [0.5, 0.6) is 0 Å². The first-order valence-electron chi connectivity index (χ1n) is 8.04. The van der Waals surface area contributed by atoms with E-state index in [0.29, 0.717) is 26.2 Å². The zero-order valence-corrected chi connectivity index (χ0v) is 15.2. The highest BCUT2D eigenvalue weighted by atomic mass is 35.5. The van der Waals surface area contributed by atoms with Gasteiger partial charge >= 0.3 is 0 Å². The number of hydrogen-bond acceptors (Lipinski definition) is 4. The Morgan fingerprint density at radius 1 is 1.04 bits per heavy atom.